The van der Waals surface area contributed by atoms with Crippen LogP contribution in [0.2, 0.25) is 0 Å². The van der Waals surface area contributed by atoms with Gasteiger partial charge >= 0.3 is 12.1 Å². The number of carbonyl (C=O) groups is 1. The van der Waals surface area contributed by atoms with Crippen LogP contribution in [0.25, 0.3) is 11.3 Å². The van der Waals surface area contributed by atoms with Gasteiger partial charge in [0, 0.05) is 5.56 Å². The molecule has 1 aromatic heterocycles. The number of benzene rings is 1. The van der Waals surface area contributed by atoms with Gasteiger partial charge in [-0.1, -0.05) is 0 Å². The quantitative estimate of drug-likeness (QED) is 0.815. The van der Waals surface area contributed by atoms with Crippen LogP contribution in [0.15, 0.2) is 30.6 Å². The largest absolute Gasteiger partial charge is 0.497 e. The van der Waals surface area contributed by atoms with Gasteiger partial charge in [-0.3, -0.25) is 4.98 Å². The molecule has 0 aliphatic heterocycles. The summed E-state index contributed by atoms with van der Waals surface area (Å²) in [4.78, 5) is 19.0. The first-order valence-corrected chi connectivity index (χ1v) is 6.02. The Bertz CT molecular complexity index is 702. The van der Waals surface area contributed by atoms with Gasteiger partial charge in [0.1, 0.15) is 5.75 Å². The van der Waals surface area contributed by atoms with Crippen LogP contribution in [0.4, 0.5) is 13.2 Å². The highest BCUT2D eigenvalue weighted by atomic mass is 19.4. The van der Waals surface area contributed by atoms with Crippen molar-refractivity contribution in [2.45, 2.75) is 6.18 Å². The molecule has 0 bridgehead atoms. The van der Waals surface area contributed by atoms with Crippen LogP contribution in [0.3, 0.4) is 0 Å². The SMILES string of the molecule is COC(=O)c1cncc(-c2ccc(OC)cc2C(F)(F)F)n1. The molecule has 0 radical (unpaired) electrons. The number of rotatable bonds is 3. The van der Waals surface area contributed by atoms with Crippen molar-refractivity contribution in [3.8, 4) is 17.0 Å². The van der Waals surface area contributed by atoms with Gasteiger partial charge in [0.2, 0.25) is 0 Å². The summed E-state index contributed by atoms with van der Waals surface area (Å²) in [5, 5.41) is 0. The third kappa shape index (κ3) is 3.16. The molecule has 22 heavy (non-hydrogen) atoms. The van der Waals surface area contributed by atoms with E-state index in [2.05, 4.69) is 14.7 Å². The lowest BCUT2D eigenvalue weighted by atomic mass is 10.0. The number of nitrogens with zero attached hydrogens (tertiary/aromatic N) is 2. The zero-order chi connectivity index (χ0) is 16.3. The van der Waals surface area contributed by atoms with Gasteiger partial charge in [0.25, 0.3) is 0 Å². The van der Waals surface area contributed by atoms with Crippen LogP contribution < -0.4 is 4.74 Å². The monoisotopic (exact) mass is 312 g/mol. The fourth-order valence-electron chi connectivity index (χ4n) is 1.81. The van der Waals surface area contributed by atoms with E-state index in [1.54, 1.807) is 0 Å². The zero-order valence-electron chi connectivity index (χ0n) is 11.6. The van der Waals surface area contributed by atoms with E-state index in [1.807, 2.05) is 0 Å². The molecule has 0 saturated carbocycles. The minimum Gasteiger partial charge on any atom is -0.497 e. The van der Waals surface area contributed by atoms with Crippen LogP contribution in [-0.2, 0) is 10.9 Å². The number of esters is 1. The molecule has 116 valence electrons. The van der Waals surface area contributed by atoms with E-state index in [-0.39, 0.29) is 22.7 Å². The maximum atomic E-state index is 13.2. The lowest BCUT2D eigenvalue weighted by Gasteiger charge is -2.14. The lowest BCUT2D eigenvalue weighted by Crippen LogP contribution is -2.10. The third-order valence-corrected chi connectivity index (χ3v) is 2.84. The molecule has 0 amide bonds. The first-order valence-electron chi connectivity index (χ1n) is 6.02. The molecule has 8 heteroatoms. The summed E-state index contributed by atoms with van der Waals surface area (Å²) in [6.45, 7) is 0. The van der Waals surface area contributed by atoms with E-state index in [0.717, 1.165) is 25.6 Å². The first kappa shape index (κ1) is 15.7. The van der Waals surface area contributed by atoms with Gasteiger partial charge in [0.15, 0.2) is 5.69 Å². The second kappa shape index (κ2) is 6.00. The molecular weight excluding hydrogens is 301 g/mol. The molecule has 0 aliphatic rings. The molecule has 2 aromatic rings. The molecule has 1 aromatic carbocycles. The normalized spacial score (nSPS) is 11.1. The van der Waals surface area contributed by atoms with Crippen molar-refractivity contribution in [2.75, 3.05) is 14.2 Å². The minimum absolute atomic E-state index is 0.0631. The average molecular weight is 312 g/mol. The Morgan fingerprint density at radius 1 is 1.18 bits per heavy atom. The summed E-state index contributed by atoms with van der Waals surface area (Å²) in [5.41, 5.74) is -1.39. The number of hydrogen-bond donors (Lipinski definition) is 0. The van der Waals surface area contributed by atoms with E-state index >= 15 is 0 Å². The van der Waals surface area contributed by atoms with Gasteiger partial charge in [-0.15, -0.1) is 0 Å². The molecule has 0 N–H and O–H groups in total. The van der Waals surface area contributed by atoms with Crippen LogP contribution in [0, 0.1) is 0 Å². The predicted octanol–water partition coefficient (Wildman–Crippen LogP) is 2.96. The van der Waals surface area contributed by atoms with Crippen LogP contribution >= 0.6 is 0 Å². The topological polar surface area (TPSA) is 61.3 Å². The number of alkyl halides is 3. The van der Waals surface area contributed by atoms with Gasteiger partial charge in [-0.05, 0) is 18.2 Å². The summed E-state index contributed by atoms with van der Waals surface area (Å²) < 4.78 is 48.8. The summed E-state index contributed by atoms with van der Waals surface area (Å²) in [6, 6.07) is 3.45. The number of halogens is 3. The van der Waals surface area contributed by atoms with E-state index in [4.69, 9.17) is 4.74 Å². The molecule has 0 spiro atoms. The average Bonchev–Trinajstić information content (AvgIpc) is 2.52. The lowest BCUT2D eigenvalue weighted by molar-refractivity contribution is -0.137. The Kier molecular flexibility index (Phi) is 4.30. The summed E-state index contributed by atoms with van der Waals surface area (Å²) in [5.74, 6) is -0.718. The van der Waals surface area contributed by atoms with Crippen molar-refractivity contribution in [2.24, 2.45) is 0 Å². The Balaban J connectivity index is 2.59. The summed E-state index contributed by atoms with van der Waals surface area (Å²) >= 11 is 0. The Morgan fingerprint density at radius 2 is 1.91 bits per heavy atom. The number of carbonyl (C=O) groups excluding carboxylic acids is 1. The molecule has 0 aliphatic carbocycles. The Labute approximate surface area is 123 Å². The maximum Gasteiger partial charge on any atom is 0.417 e. The van der Waals surface area contributed by atoms with E-state index < -0.39 is 17.7 Å². The molecule has 0 unspecified atom stereocenters. The summed E-state index contributed by atoms with van der Waals surface area (Å²) in [6.07, 6.45) is -2.34. The van der Waals surface area contributed by atoms with Gasteiger partial charge in [-0.2, -0.15) is 13.2 Å². The number of hydrogen-bond acceptors (Lipinski definition) is 5. The van der Waals surface area contributed by atoms with Crippen LogP contribution in [-0.4, -0.2) is 30.2 Å². The molecule has 1 heterocycles. The number of aromatic nitrogens is 2. The van der Waals surface area contributed by atoms with Crippen molar-refractivity contribution < 1.29 is 27.4 Å². The molecular formula is C14H11F3N2O3. The highest BCUT2D eigenvalue weighted by Crippen LogP contribution is 2.38. The highest BCUT2D eigenvalue weighted by molar-refractivity contribution is 5.87. The van der Waals surface area contributed by atoms with Gasteiger partial charge in [0.05, 0.1) is 37.9 Å². The molecule has 0 saturated heterocycles. The number of methoxy groups -OCH3 is 2. The first-order chi connectivity index (χ1) is 10.4. The van der Waals surface area contributed by atoms with E-state index in [9.17, 15) is 18.0 Å². The van der Waals surface area contributed by atoms with Crippen molar-refractivity contribution in [3.63, 3.8) is 0 Å². The van der Waals surface area contributed by atoms with Crippen molar-refractivity contribution in [3.05, 3.63) is 41.9 Å². The van der Waals surface area contributed by atoms with E-state index in [1.165, 1.54) is 19.2 Å². The Morgan fingerprint density at radius 3 is 2.50 bits per heavy atom. The third-order valence-electron chi connectivity index (χ3n) is 2.84. The van der Waals surface area contributed by atoms with Crippen molar-refractivity contribution >= 4 is 5.97 Å². The minimum atomic E-state index is -4.60. The number of ether oxygens (including phenoxy) is 2. The van der Waals surface area contributed by atoms with Crippen molar-refractivity contribution in [1.29, 1.82) is 0 Å². The molecule has 0 fully saturated rings. The van der Waals surface area contributed by atoms with Gasteiger partial charge in [-0.25, -0.2) is 9.78 Å². The predicted molar refractivity (Wildman–Crippen MR) is 70.4 cm³/mol. The van der Waals surface area contributed by atoms with E-state index in [0.29, 0.717) is 0 Å². The smallest absolute Gasteiger partial charge is 0.417 e. The summed E-state index contributed by atoms with van der Waals surface area (Å²) in [7, 11) is 2.41. The Hall–Kier alpha value is -2.64. The molecule has 2 rings (SSSR count). The fraction of sp³-hybridized carbons (Fsp3) is 0.214. The maximum absolute atomic E-state index is 13.2. The van der Waals surface area contributed by atoms with Crippen molar-refractivity contribution in [1.82, 2.24) is 9.97 Å². The van der Waals surface area contributed by atoms with Gasteiger partial charge < -0.3 is 9.47 Å². The second-order valence-corrected chi connectivity index (χ2v) is 4.19. The highest BCUT2D eigenvalue weighted by Gasteiger charge is 2.34. The van der Waals surface area contributed by atoms with Crippen LogP contribution in [0.5, 0.6) is 5.75 Å². The second-order valence-electron chi connectivity index (χ2n) is 4.19. The standard InChI is InChI=1S/C14H11F3N2O3/c1-21-8-3-4-9(10(5-8)14(15,16)17)11-6-18-7-12(19-11)13(20)22-2/h3-7H,1-2H3. The fourth-order valence-corrected chi connectivity index (χ4v) is 1.81. The van der Waals surface area contributed by atoms with Crippen LogP contribution in [0.1, 0.15) is 16.1 Å². The molecule has 5 nitrogen and oxygen atoms in total. The molecule has 0 atom stereocenters. The zero-order valence-corrected chi connectivity index (χ0v) is 11.6.